The Morgan fingerprint density at radius 2 is 2.05 bits per heavy atom. The van der Waals surface area contributed by atoms with Crippen molar-refractivity contribution in [2.24, 2.45) is 5.41 Å². The Kier molecular flexibility index (Phi) is 5.36. The summed E-state index contributed by atoms with van der Waals surface area (Å²) in [6.45, 7) is 3.54. The first kappa shape index (κ1) is 16.4. The second-order valence-electron chi connectivity index (χ2n) is 5.53. The molecule has 0 radical (unpaired) electrons. The number of hydrogen-bond acceptors (Lipinski definition) is 2. The van der Waals surface area contributed by atoms with Crippen molar-refractivity contribution in [2.45, 2.75) is 26.2 Å². The highest BCUT2D eigenvalue weighted by Crippen LogP contribution is 2.35. The molecular formula is C15H20Cl2N2O2. The van der Waals surface area contributed by atoms with E-state index in [2.05, 4.69) is 12.2 Å². The number of nitrogens with one attached hydrogen (secondary N) is 1. The largest absolute Gasteiger partial charge is 0.396 e. The zero-order valence-corrected chi connectivity index (χ0v) is 13.5. The summed E-state index contributed by atoms with van der Waals surface area (Å²) in [5.74, 6) is 0. The molecular weight excluding hydrogens is 311 g/mol. The van der Waals surface area contributed by atoms with Crippen LogP contribution in [0.4, 0.5) is 10.5 Å². The molecule has 6 heteroatoms. The number of rotatable bonds is 3. The van der Waals surface area contributed by atoms with Gasteiger partial charge in [0.15, 0.2) is 0 Å². The monoisotopic (exact) mass is 330 g/mol. The topological polar surface area (TPSA) is 52.6 Å². The molecule has 116 valence electrons. The summed E-state index contributed by atoms with van der Waals surface area (Å²) < 4.78 is 0. The zero-order valence-electron chi connectivity index (χ0n) is 12.0. The van der Waals surface area contributed by atoms with E-state index in [0.717, 1.165) is 19.3 Å². The number of carbonyl (C=O) groups is 1. The molecule has 1 heterocycles. The molecule has 1 aromatic carbocycles. The molecule has 0 saturated carbocycles. The lowest BCUT2D eigenvalue weighted by Gasteiger charge is -2.40. The lowest BCUT2D eigenvalue weighted by atomic mass is 9.77. The van der Waals surface area contributed by atoms with Crippen molar-refractivity contribution in [3.8, 4) is 0 Å². The average Bonchev–Trinajstić information content (AvgIpc) is 2.52. The van der Waals surface area contributed by atoms with Crippen molar-refractivity contribution in [1.82, 2.24) is 4.90 Å². The van der Waals surface area contributed by atoms with E-state index in [1.54, 1.807) is 23.1 Å². The number of aliphatic hydroxyl groups excluding tert-OH is 1. The number of nitrogens with zero attached hydrogens (tertiary/aromatic N) is 1. The molecule has 0 unspecified atom stereocenters. The Hall–Kier alpha value is -0.970. The Labute approximate surface area is 135 Å². The lowest BCUT2D eigenvalue weighted by Crippen LogP contribution is -2.46. The summed E-state index contributed by atoms with van der Waals surface area (Å²) in [6.07, 6.45) is 2.56. The van der Waals surface area contributed by atoms with Gasteiger partial charge >= 0.3 is 6.03 Å². The third-order valence-corrected chi connectivity index (χ3v) is 5.21. The Balaban J connectivity index is 1.98. The van der Waals surface area contributed by atoms with E-state index in [4.69, 9.17) is 23.2 Å². The van der Waals surface area contributed by atoms with Crippen LogP contribution in [-0.4, -0.2) is 35.7 Å². The summed E-state index contributed by atoms with van der Waals surface area (Å²) in [7, 11) is 0. The average molecular weight is 331 g/mol. The van der Waals surface area contributed by atoms with E-state index in [9.17, 15) is 9.90 Å². The second-order valence-corrected chi connectivity index (χ2v) is 6.32. The van der Waals surface area contributed by atoms with Gasteiger partial charge in [0.1, 0.15) is 0 Å². The van der Waals surface area contributed by atoms with Crippen LogP contribution in [0.5, 0.6) is 0 Å². The minimum atomic E-state index is -0.179. The maximum absolute atomic E-state index is 12.3. The van der Waals surface area contributed by atoms with Gasteiger partial charge < -0.3 is 15.3 Å². The first-order valence-corrected chi connectivity index (χ1v) is 7.88. The van der Waals surface area contributed by atoms with Crippen LogP contribution in [-0.2, 0) is 0 Å². The minimum absolute atomic E-state index is 0.0372. The molecule has 0 bridgehead atoms. The molecule has 2 rings (SSSR count). The van der Waals surface area contributed by atoms with Gasteiger partial charge in [-0.1, -0.05) is 36.2 Å². The minimum Gasteiger partial charge on any atom is -0.396 e. The third kappa shape index (κ3) is 3.62. The van der Waals surface area contributed by atoms with Crippen LogP contribution in [0.2, 0.25) is 10.0 Å². The fraction of sp³-hybridized carbons (Fsp3) is 0.533. The molecule has 1 aliphatic rings. The van der Waals surface area contributed by atoms with Gasteiger partial charge in [-0.2, -0.15) is 0 Å². The summed E-state index contributed by atoms with van der Waals surface area (Å²) >= 11 is 12.0. The predicted octanol–water partition coefficient (Wildman–Crippen LogP) is 4.01. The van der Waals surface area contributed by atoms with E-state index in [0.29, 0.717) is 28.8 Å². The normalized spacial score (nSPS) is 17.6. The molecule has 1 aliphatic heterocycles. The van der Waals surface area contributed by atoms with Crippen LogP contribution < -0.4 is 5.32 Å². The van der Waals surface area contributed by atoms with Gasteiger partial charge in [-0.05, 0) is 36.8 Å². The molecule has 1 saturated heterocycles. The van der Waals surface area contributed by atoms with E-state index in [1.165, 1.54) is 0 Å². The number of halogens is 2. The van der Waals surface area contributed by atoms with Crippen molar-refractivity contribution >= 4 is 34.9 Å². The maximum Gasteiger partial charge on any atom is 0.321 e. The fourth-order valence-electron chi connectivity index (χ4n) is 2.60. The van der Waals surface area contributed by atoms with Crippen molar-refractivity contribution in [3.05, 3.63) is 28.2 Å². The highest BCUT2D eigenvalue weighted by molar-refractivity contribution is 6.43. The SMILES string of the molecule is CCC1(CO)CCN(C(=O)Nc2cccc(Cl)c2Cl)CC1. The van der Waals surface area contributed by atoms with Crippen LogP contribution in [0.3, 0.4) is 0 Å². The van der Waals surface area contributed by atoms with Crippen molar-refractivity contribution in [2.75, 3.05) is 25.0 Å². The van der Waals surface area contributed by atoms with Gasteiger partial charge in [-0.15, -0.1) is 0 Å². The number of aliphatic hydroxyl groups is 1. The van der Waals surface area contributed by atoms with Crippen LogP contribution in [0.25, 0.3) is 0 Å². The van der Waals surface area contributed by atoms with E-state index >= 15 is 0 Å². The first-order chi connectivity index (χ1) is 10.0. The quantitative estimate of drug-likeness (QED) is 0.879. The van der Waals surface area contributed by atoms with Crippen molar-refractivity contribution < 1.29 is 9.90 Å². The van der Waals surface area contributed by atoms with E-state index in [-0.39, 0.29) is 18.1 Å². The number of likely N-dealkylation sites (tertiary alicyclic amines) is 1. The second kappa shape index (κ2) is 6.86. The fourth-order valence-corrected chi connectivity index (χ4v) is 2.95. The number of hydrogen-bond donors (Lipinski definition) is 2. The Morgan fingerprint density at radius 1 is 1.38 bits per heavy atom. The predicted molar refractivity (Wildman–Crippen MR) is 86.1 cm³/mol. The summed E-state index contributed by atoms with van der Waals surface area (Å²) in [5.41, 5.74) is 0.480. The summed E-state index contributed by atoms with van der Waals surface area (Å²) in [4.78, 5) is 14.0. The number of piperidine rings is 1. The van der Waals surface area contributed by atoms with Crippen molar-refractivity contribution in [1.29, 1.82) is 0 Å². The first-order valence-electron chi connectivity index (χ1n) is 7.12. The molecule has 0 aliphatic carbocycles. The van der Waals surface area contributed by atoms with Gasteiger partial charge in [0, 0.05) is 19.7 Å². The molecule has 0 spiro atoms. The summed E-state index contributed by atoms with van der Waals surface area (Å²) in [5, 5.41) is 13.1. The molecule has 2 N–H and O–H groups in total. The number of benzene rings is 1. The molecule has 21 heavy (non-hydrogen) atoms. The molecule has 2 amide bonds. The maximum atomic E-state index is 12.3. The van der Waals surface area contributed by atoms with Crippen molar-refractivity contribution in [3.63, 3.8) is 0 Å². The van der Waals surface area contributed by atoms with Gasteiger partial charge in [-0.3, -0.25) is 0 Å². The van der Waals surface area contributed by atoms with Crippen LogP contribution in [0.1, 0.15) is 26.2 Å². The van der Waals surface area contributed by atoms with Crippen LogP contribution >= 0.6 is 23.2 Å². The highest BCUT2D eigenvalue weighted by Gasteiger charge is 2.33. The van der Waals surface area contributed by atoms with Gasteiger partial charge in [0.2, 0.25) is 0 Å². The van der Waals surface area contributed by atoms with Gasteiger partial charge in [-0.25, -0.2) is 4.79 Å². The molecule has 0 aromatic heterocycles. The number of anilines is 1. The summed E-state index contributed by atoms with van der Waals surface area (Å²) in [6, 6.07) is 4.97. The standard InChI is InChI=1S/C15H20Cl2N2O2/c1-2-15(10-20)6-8-19(9-7-15)14(21)18-12-5-3-4-11(16)13(12)17/h3-5,20H,2,6-10H2,1H3,(H,18,21). The molecule has 4 nitrogen and oxygen atoms in total. The third-order valence-electron chi connectivity index (χ3n) is 4.39. The van der Waals surface area contributed by atoms with Gasteiger partial charge in [0.25, 0.3) is 0 Å². The number of urea groups is 1. The smallest absolute Gasteiger partial charge is 0.321 e. The number of carbonyl (C=O) groups excluding carboxylic acids is 1. The highest BCUT2D eigenvalue weighted by atomic mass is 35.5. The van der Waals surface area contributed by atoms with Crippen LogP contribution in [0, 0.1) is 5.41 Å². The van der Waals surface area contributed by atoms with Gasteiger partial charge in [0.05, 0.1) is 15.7 Å². The molecule has 1 aromatic rings. The lowest BCUT2D eigenvalue weighted by molar-refractivity contribution is 0.0542. The number of amides is 2. The molecule has 0 atom stereocenters. The molecule has 1 fully saturated rings. The zero-order chi connectivity index (χ0) is 15.5. The Bertz CT molecular complexity index is 508. The van der Waals surface area contributed by atoms with E-state index in [1.807, 2.05) is 0 Å². The van der Waals surface area contributed by atoms with E-state index < -0.39 is 0 Å². The Morgan fingerprint density at radius 3 is 2.62 bits per heavy atom. The van der Waals surface area contributed by atoms with Crippen LogP contribution in [0.15, 0.2) is 18.2 Å².